The molecular formula is C18H15NO4S2. The Balaban J connectivity index is 1.95. The Morgan fingerprint density at radius 1 is 1.12 bits per heavy atom. The van der Waals surface area contributed by atoms with Gasteiger partial charge in [0.25, 0.3) is 5.91 Å². The predicted octanol–water partition coefficient (Wildman–Crippen LogP) is 3.82. The lowest BCUT2D eigenvalue weighted by Crippen LogP contribution is -2.27. The fourth-order valence-electron chi connectivity index (χ4n) is 2.44. The lowest BCUT2D eigenvalue weighted by molar-refractivity contribution is -0.113. The third-order valence-electron chi connectivity index (χ3n) is 3.62. The number of phenolic OH excluding ortho intramolecular Hbond substituents is 1. The number of rotatable bonds is 4. The minimum Gasteiger partial charge on any atom is -0.504 e. The third-order valence-corrected chi connectivity index (χ3v) is 4.92. The van der Waals surface area contributed by atoms with Crippen molar-refractivity contribution < 1.29 is 19.4 Å². The van der Waals surface area contributed by atoms with Gasteiger partial charge in [-0.25, -0.2) is 0 Å². The first kappa shape index (κ1) is 17.3. The quantitative estimate of drug-likeness (QED) is 0.650. The normalized spacial score (nSPS) is 15.8. The molecule has 25 heavy (non-hydrogen) atoms. The second kappa shape index (κ2) is 7.16. The number of aromatic hydroxyl groups is 1. The van der Waals surface area contributed by atoms with Gasteiger partial charge in [0.15, 0.2) is 15.8 Å². The molecule has 1 N–H and O–H groups in total. The predicted molar refractivity (Wildman–Crippen MR) is 103 cm³/mol. The Kier molecular flexibility index (Phi) is 4.96. The van der Waals surface area contributed by atoms with Gasteiger partial charge in [0.05, 0.1) is 24.8 Å². The molecule has 2 aromatic rings. The van der Waals surface area contributed by atoms with Crippen molar-refractivity contribution in [3.63, 3.8) is 0 Å². The number of nitrogens with zero attached hydrogens (tertiary/aromatic N) is 1. The van der Waals surface area contributed by atoms with E-state index in [1.165, 1.54) is 29.8 Å². The largest absolute Gasteiger partial charge is 0.504 e. The molecule has 1 fully saturated rings. The monoisotopic (exact) mass is 373 g/mol. The van der Waals surface area contributed by atoms with Gasteiger partial charge in [-0.05, 0) is 35.9 Å². The van der Waals surface area contributed by atoms with E-state index in [2.05, 4.69) is 0 Å². The Morgan fingerprint density at radius 2 is 1.84 bits per heavy atom. The highest BCUT2D eigenvalue weighted by molar-refractivity contribution is 8.27. The van der Waals surface area contributed by atoms with Crippen LogP contribution in [0.4, 0.5) is 5.69 Å². The summed E-state index contributed by atoms with van der Waals surface area (Å²) >= 11 is 6.57. The highest BCUT2D eigenvalue weighted by Crippen LogP contribution is 2.40. The van der Waals surface area contributed by atoms with Crippen molar-refractivity contribution in [2.75, 3.05) is 19.1 Å². The number of methoxy groups -OCH3 is 2. The number of ether oxygens (including phenoxy) is 2. The van der Waals surface area contributed by atoms with Crippen LogP contribution in [0.25, 0.3) is 6.08 Å². The van der Waals surface area contributed by atoms with E-state index in [0.29, 0.717) is 32.0 Å². The summed E-state index contributed by atoms with van der Waals surface area (Å²) in [6.07, 6.45) is 1.69. The summed E-state index contributed by atoms with van der Waals surface area (Å²) in [6.45, 7) is 0. The fraction of sp³-hybridized carbons (Fsp3) is 0.111. The Bertz CT molecular complexity index is 879. The molecular weight excluding hydrogens is 358 g/mol. The number of thiocarbonyl (C=S) groups is 1. The van der Waals surface area contributed by atoms with Gasteiger partial charge in [-0.15, -0.1) is 0 Å². The zero-order valence-electron chi connectivity index (χ0n) is 13.6. The maximum atomic E-state index is 12.8. The highest BCUT2D eigenvalue weighted by Gasteiger charge is 2.34. The van der Waals surface area contributed by atoms with Crippen LogP contribution in [-0.4, -0.2) is 29.6 Å². The van der Waals surface area contributed by atoms with Crippen molar-refractivity contribution in [2.24, 2.45) is 0 Å². The van der Waals surface area contributed by atoms with Crippen LogP contribution in [0.1, 0.15) is 5.56 Å². The number of anilines is 1. The number of carbonyl (C=O) groups excluding carboxylic acids is 1. The number of carbonyl (C=O) groups is 1. The number of para-hydroxylation sites is 2. The van der Waals surface area contributed by atoms with E-state index in [9.17, 15) is 9.90 Å². The lowest BCUT2D eigenvalue weighted by atomic mass is 10.2. The Morgan fingerprint density at radius 3 is 2.52 bits per heavy atom. The second-order valence-corrected chi connectivity index (χ2v) is 6.80. The molecule has 1 aliphatic rings. The van der Waals surface area contributed by atoms with Gasteiger partial charge < -0.3 is 14.6 Å². The van der Waals surface area contributed by atoms with Crippen molar-refractivity contribution >= 4 is 46.0 Å². The van der Waals surface area contributed by atoms with E-state index in [1.807, 2.05) is 12.1 Å². The molecule has 3 rings (SSSR count). The van der Waals surface area contributed by atoms with Crippen LogP contribution in [0.15, 0.2) is 47.4 Å². The van der Waals surface area contributed by atoms with Crippen molar-refractivity contribution in [3.05, 3.63) is 52.9 Å². The Labute approximate surface area is 154 Å². The summed E-state index contributed by atoms with van der Waals surface area (Å²) in [4.78, 5) is 14.7. The van der Waals surface area contributed by atoms with Crippen LogP contribution in [0.2, 0.25) is 0 Å². The maximum Gasteiger partial charge on any atom is 0.270 e. The van der Waals surface area contributed by atoms with E-state index >= 15 is 0 Å². The molecule has 1 heterocycles. The molecule has 2 aromatic carbocycles. The van der Waals surface area contributed by atoms with Crippen LogP contribution in [0.3, 0.4) is 0 Å². The molecule has 0 aliphatic carbocycles. The molecule has 0 atom stereocenters. The fourth-order valence-corrected chi connectivity index (χ4v) is 3.72. The average molecular weight is 373 g/mol. The number of phenols is 1. The third kappa shape index (κ3) is 3.33. The minimum atomic E-state index is -0.227. The summed E-state index contributed by atoms with van der Waals surface area (Å²) in [7, 11) is 3.03. The lowest BCUT2D eigenvalue weighted by Gasteiger charge is -2.17. The summed E-state index contributed by atoms with van der Waals surface area (Å²) in [5.41, 5.74) is 1.28. The molecule has 1 aliphatic heterocycles. The van der Waals surface area contributed by atoms with Crippen LogP contribution < -0.4 is 14.4 Å². The molecule has 1 amide bonds. The first-order valence-corrected chi connectivity index (χ1v) is 8.55. The molecule has 5 nitrogen and oxygen atoms in total. The molecule has 0 radical (unpaired) electrons. The number of hydrogen-bond acceptors (Lipinski definition) is 6. The molecule has 1 saturated heterocycles. The van der Waals surface area contributed by atoms with E-state index in [-0.39, 0.29) is 11.7 Å². The Hall–Kier alpha value is -2.51. The number of thioether (sulfide) groups is 1. The van der Waals surface area contributed by atoms with Gasteiger partial charge in [0.2, 0.25) is 0 Å². The molecule has 0 saturated carbocycles. The smallest absolute Gasteiger partial charge is 0.270 e. The summed E-state index contributed by atoms with van der Waals surface area (Å²) in [5.74, 6) is 0.729. The maximum absolute atomic E-state index is 12.8. The molecule has 7 heteroatoms. The van der Waals surface area contributed by atoms with Crippen LogP contribution in [0.5, 0.6) is 17.2 Å². The molecule has 0 spiro atoms. The number of benzene rings is 2. The highest BCUT2D eigenvalue weighted by atomic mass is 32.2. The zero-order valence-corrected chi connectivity index (χ0v) is 15.2. The molecule has 0 bridgehead atoms. The standard InChI is InChI=1S/C18H15NO4S2/c1-22-14-6-4-3-5-12(14)19-17(21)16(25-18(19)24)10-11-7-8-15(23-2)13(20)9-11/h3-10,20H,1-2H3/b16-10+. The van der Waals surface area contributed by atoms with Gasteiger partial charge in [-0.3, -0.25) is 9.69 Å². The van der Waals surface area contributed by atoms with Crippen molar-refractivity contribution in [1.29, 1.82) is 0 Å². The molecule has 0 aromatic heterocycles. The summed E-state index contributed by atoms with van der Waals surface area (Å²) in [6, 6.07) is 12.1. The topological polar surface area (TPSA) is 59.0 Å². The molecule has 0 unspecified atom stereocenters. The SMILES string of the molecule is COc1ccc(/C=C2/SC(=S)N(c3ccccc3OC)C2=O)cc1O. The van der Waals surface area contributed by atoms with E-state index in [4.69, 9.17) is 21.7 Å². The van der Waals surface area contributed by atoms with Crippen LogP contribution >= 0.6 is 24.0 Å². The van der Waals surface area contributed by atoms with Crippen molar-refractivity contribution in [1.82, 2.24) is 0 Å². The minimum absolute atomic E-state index is 0.0106. The first-order chi connectivity index (χ1) is 12.0. The van der Waals surface area contributed by atoms with E-state index in [1.54, 1.807) is 37.5 Å². The number of amides is 1. The van der Waals surface area contributed by atoms with E-state index < -0.39 is 0 Å². The summed E-state index contributed by atoms with van der Waals surface area (Å²) in [5, 5.41) is 9.88. The van der Waals surface area contributed by atoms with Gasteiger partial charge in [0, 0.05) is 0 Å². The van der Waals surface area contributed by atoms with Crippen LogP contribution in [0, 0.1) is 0 Å². The summed E-state index contributed by atoms with van der Waals surface area (Å²) < 4.78 is 10.8. The van der Waals surface area contributed by atoms with Gasteiger partial charge in [-0.2, -0.15) is 0 Å². The second-order valence-electron chi connectivity index (χ2n) is 5.12. The zero-order chi connectivity index (χ0) is 18.0. The first-order valence-electron chi connectivity index (χ1n) is 7.33. The van der Waals surface area contributed by atoms with Gasteiger partial charge in [-0.1, -0.05) is 42.2 Å². The van der Waals surface area contributed by atoms with Crippen molar-refractivity contribution in [2.45, 2.75) is 0 Å². The van der Waals surface area contributed by atoms with Crippen LogP contribution in [-0.2, 0) is 4.79 Å². The van der Waals surface area contributed by atoms with Gasteiger partial charge in [0.1, 0.15) is 5.75 Å². The average Bonchev–Trinajstić information content (AvgIpc) is 2.88. The molecule has 128 valence electrons. The number of hydrogen-bond donors (Lipinski definition) is 1. The van der Waals surface area contributed by atoms with Crippen molar-refractivity contribution in [3.8, 4) is 17.2 Å². The van der Waals surface area contributed by atoms with Gasteiger partial charge >= 0.3 is 0 Å². The van der Waals surface area contributed by atoms with E-state index in [0.717, 1.165) is 0 Å².